The Morgan fingerprint density at radius 3 is 2.57 bits per heavy atom. The molecule has 2 aliphatic rings. The smallest absolute Gasteiger partial charge is 0.242 e. The molecule has 7 heteroatoms. The molecular formula is C28H32Cl2N4O. The molecule has 5 rings (SSSR count). The minimum atomic E-state index is -0.675. The number of imidazole rings is 1. The third-order valence-electron chi connectivity index (χ3n) is 7.70. The number of carbonyl (C=O) groups is 1. The number of hydrogen-bond acceptors (Lipinski definition) is 3. The van der Waals surface area contributed by atoms with Gasteiger partial charge in [0.25, 0.3) is 0 Å². The molecule has 35 heavy (non-hydrogen) atoms. The lowest BCUT2D eigenvalue weighted by atomic mass is 9.81. The molecule has 1 aliphatic carbocycles. The van der Waals surface area contributed by atoms with Gasteiger partial charge in [-0.05, 0) is 74.1 Å². The van der Waals surface area contributed by atoms with E-state index in [1.807, 2.05) is 24.0 Å². The summed E-state index contributed by atoms with van der Waals surface area (Å²) >= 11 is 12.7. The lowest BCUT2D eigenvalue weighted by Gasteiger charge is -2.38. The number of hydrogen-bond donors (Lipinski definition) is 1. The Bertz CT molecular complexity index is 1310. The maximum absolute atomic E-state index is 13.1. The molecule has 1 fully saturated rings. The maximum atomic E-state index is 13.1. The molecule has 2 heterocycles. The van der Waals surface area contributed by atoms with E-state index in [1.165, 1.54) is 17.6 Å². The van der Waals surface area contributed by atoms with Gasteiger partial charge in [-0.25, -0.2) is 4.98 Å². The number of rotatable bonds is 4. The van der Waals surface area contributed by atoms with Crippen molar-refractivity contribution in [1.82, 2.24) is 14.5 Å². The highest BCUT2D eigenvalue weighted by Gasteiger charge is 2.38. The minimum absolute atomic E-state index is 0.00435. The molecule has 2 N–H and O–H groups in total. The van der Waals surface area contributed by atoms with Gasteiger partial charge in [0.15, 0.2) is 0 Å². The Balaban J connectivity index is 1.42. The summed E-state index contributed by atoms with van der Waals surface area (Å²) in [6.07, 6.45) is 7.87. The Hall–Kier alpha value is -2.34. The van der Waals surface area contributed by atoms with Crippen LogP contribution in [0.5, 0.6) is 0 Å². The number of aryl methyl sites for hydroxylation is 1. The van der Waals surface area contributed by atoms with Gasteiger partial charge in [-0.1, -0.05) is 60.7 Å². The van der Waals surface area contributed by atoms with Gasteiger partial charge >= 0.3 is 0 Å². The van der Waals surface area contributed by atoms with E-state index in [4.69, 9.17) is 33.9 Å². The molecule has 2 aromatic carbocycles. The third kappa shape index (κ3) is 4.62. The first-order chi connectivity index (χ1) is 16.8. The number of aromatic nitrogens is 2. The van der Waals surface area contributed by atoms with Crippen LogP contribution < -0.4 is 5.73 Å². The second-order valence-electron chi connectivity index (χ2n) is 10.0. The van der Waals surface area contributed by atoms with Crippen molar-refractivity contribution < 1.29 is 4.79 Å². The van der Waals surface area contributed by atoms with Crippen molar-refractivity contribution in [3.05, 3.63) is 69.5 Å². The number of halogens is 2. The van der Waals surface area contributed by atoms with E-state index in [0.29, 0.717) is 23.1 Å². The van der Waals surface area contributed by atoms with Gasteiger partial charge in [0.05, 0.1) is 22.6 Å². The van der Waals surface area contributed by atoms with E-state index in [0.717, 1.165) is 54.5 Å². The molecule has 1 aromatic heterocycles. The van der Waals surface area contributed by atoms with E-state index in [-0.39, 0.29) is 11.9 Å². The number of fused-ring (bicyclic) bond motifs is 1. The second-order valence-corrected chi connectivity index (χ2v) is 10.9. The van der Waals surface area contributed by atoms with Gasteiger partial charge in [0.2, 0.25) is 5.91 Å². The number of nitrogens with zero attached hydrogens (tertiary/aromatic N) is 3. The molecule has 0 spiro atoms. The van der Waals surface area contributed by atoms with E-state index >= 15 is 0 Å². The topological polar surface area (TPSA) is 64.2 Å². The summed E-state index contributed by atoms with van der Waals surface area (Å²) in [6.45, 7) is 5.47. The fourth-order valence-corrected chi connectivity index (χ4v) is 6.28. The maximum Gasteiger partial charge on any atom is 0.242 e. The summed E-state index contributed by atoms with van der Waals surface area (Å²) in [4.78, 5) is 19.9. The van der Waals surface area contributed by atoms with Crippen LogP contribution in [0, 0.1) is 6.92 Å². The predicted octanol–water partition coefficient (Wildman–Crippen LogP) is 6.54. The minimum Gasteiger partial charge on any atom is -0.337 e. The molecule has 184 valence electrons. The lowest BCUT2D eigenvalue weighted by molar-refractivity contribution is -0.137. The molecule has 1 aliphatic heterocycles. The molecular weight excluding hydrogens is 479 g/mol. The van der Waals surface area contributed by atoms with Crippen LogP contribution in [0.4, 0.5) is 0 Å². The quantitative estimate of drug-likeness (QED) is 0.433. The predicted molar refractivity (Wildman–Crippen MR) is 144 cm³/mol. The highest BCUT2D eigenvalue weighted by molar-refractivity contribution is 6.35. The Kier molecular flexibility index (Phi) is 6.69. The van der Waals surface area contributed by atoms with Crippen molar-refractivity contribution >= 4 is 45.7 Å². The molecule has 1 atom stereocenters. The normalized spacial score (nSPS) is 19.0. The first-order valence-corrected chi connectivity index (χ1v) is 13.2. The summed E-state index contributed by atoms with van der Waals surface area (Å²) in [5.74, 6) is 1.05. The molecule has 0 bridgehead atoms. The van der Waals surface area contributed by atoms with Crippen LogP contribution in [-0.2, 0) is 4.79 Å². The van der Waals surface area contributed by atoms with E-state index in [2.05, 4.69) is 35.8 Å². The summed E-state index contributed by atoms with van der Waals surface area (Å²) < 4.78 is 2.23. The fourth-order valence-electron chi connectivity index (χ4n) is 5.71. The average molecular weight is 511 g/mol. The second kappa shape index (κ2) is 9.61. The van der Waals surface area contributed by atoms with Crippen LogP contribution in [-0.4, -0.2) is 39.0 Å². The molecule has 0 unspecified atom stereocenters. The van der Waals surface area contributed by atoms with Gasteiger partial charge in [0.1, 0.15) is 5.82 Å². The van der Waals surface area contributed by atoms with Crippen molar-refractivity contribution in [3.8, 4) is 0 Å². The first-order valence-electron chi connectivity index (χ1n) is 12.5. The van der Waals surface area contributed by atoms with Gasteiger partial charge in [-0.3, -0.25) is 4.79 Å². The first kappa shape index (κ1) is 24.4. The molecule has 1 saturated carbocycles. The van der Waals surface area contributed by atoms with Crippen LogP contribution in [0.3, 0.4) is 0 Å². The van der Waals surface area contributed by atoms with Gasteiger partial charge in [-0.2, -0.15) is 0 Å². The van der Waals surface area contributed by atoms with Crippen molar-refractivity contribution in [2.24, 2.45) is 5.73 Å². The number of benzene rings is 2. The standard InChI is InChI=1S/C28H32Cl2N4O/c1-18(23-8-7-22(29)17-24(23)30)34-19(2)32-25-9-6-21(16-26(25)34)20-10-14-33(15-11-20)27(35)28(31)12-4-3-5-13-28/h6-10,16-18H,3-5,11-15,31H2,1-2H3/t18-/m1/s1. The van der Waals surface area contributed by atoms with Gasteiger partial charge in [0, 0.05) is 23.1 Å². The van der Waals surface area contributed by atoms with Crippen LogP contribution in [0.15, 0.2) is 42.5 Å². The molecule has 3 aromatic rings. The third-order valence-corrected chi connectivity index (χ3v) is 8.27. The lowest BCUT2D eigenvalue weighted by Crippen LogP contribution is -2.56. The average Bonchev–Trinajstić information content (AvgIpc) is 3.18. The monoisotopic (exact) mass is 510 g/mol. The van der Waals surface area contributed by atoms with Gasteiger partial charge < -0.3 is 15.2 Å². The zero-order valence-electron chi connectivity index (χ0n) is 20.4. The summed E-state index contributed by atoms with van der Waals surface area (Å²) in [5, 5.41) is 1.28. The number of carbonyl (C=O) groups excluding carboxylic acids is 1. The SMILES string of the molecule is Cc1nc2ccc(C3=CCN(C(=O)C4(N)CCCCC4)CC3)cc2n1[C@H](C)c1ccc(Cl)cc1Cl. The van der Waals surface area contributed by atoms with Crippen molar-refractivity contribution in [3.63, 3.8) is 0 Å². The van der Waals surface area contributed by atoms with Crippen molar-refractivity contribution in [1.29, 1.82) is 0 Å². The van der Waals surface area contributed by atoms with Gasteiger partial charge in [-0.15, -0.1) is 0 Å². The molecule has 0 radical (unpaired) electrons. The van der Waals surface area contributed by atoms with Crippen molar-refractivity contribution in [2.45, 2.75) is 64.0 Å². The van der Waals surface area contributed by atoms with Crippen LogP contribution in [0.1, 0.15) is 68.4 Å². The number of nitrogens with two attached hydrogens (primary N) is 1. The van der Waals surface area contributed by atoms with Crippen molar-refractivity contribution in [2.75, 3.05) is 13.1 Å². The zero-order valence-corrected chi connectivity index (χ0v) is 21.9. The highest BCUT2D eigenvalue weighted by atomic mass is 35.5. The van der Waals surface area contributed by atoms with Crippen LogP contribution >= 0.6 is 23.2 Å². The van der Waals surface area contributed by atoms with E-state index in [1.54, 1.807) is 6.07 Å². The summed E-state index contributed by atoms with van der Waals surface area (Å²) in [5.41, 5.74) is 11.3. The summed E-state index contributed by atoms with van der Waals surface area (Å²) in [7, 11) is 0. The number of amides is 1. The molecule has 5 nitrogen and oxygen atoms in total. The van der Waals surface area contributed by atoms with E-state index in [9.17, 15) is 4.79 Å². The Morgan fingerprint density at radius 1 is 1.11 bits per heavy atom. The molecule has 1 amide bonds. The zero-order chi connectivity index (χ0) is 24.7. The molecule has 0 saturated heterocycles. The summed E-state index contributed by atoms with van der Waals surface area (Å²) in [6, 6.07) is 12.1. The Morgan fingerprint density at radius 2 is 1.89 bits per heavy atom. The highest BCUT2D eigenvalue weighted by Crippen LogP contribution is 2.34. The largest absolute Gasteiger partial charge is 0.337 e. The van der Waals surface area contributed by atoms with E-state index < -0.39 is 5.54 Å². The Labute approximate surface area is 216 Å². The fraction of sp³-hybridized carbons (Fsp3) is 0.429. The van der Waals surface area contributed by atoms with Crippen LogP contribution in [0.2, 0.25) is 10.0 Å². The van der Waals surface area contributed by atoms with Crippen LogP contribution in [0.25, 0.3) is 16.6 Å².